The quantitative estimate of drug-likeness (QED) is 0.751. The number of aryl methyl sites for hydroxylation is 1. The van der Waals surface area contributed by atoms with E-state index < -0.39 is 0 Å². The van der Waals surface area contributed by atoms with Crippen molar-refractivity contribution in [2.75, 3.05) is 19.6 Å². The summed E-state index contributed by atoms with van der Waals surface area (Å²) >= 11 is 9.31. The summed E-state index contributed by atoms with van der Waals surface area (Å²) in [5, 5.41) is 0. The van der Waals surface area contributed by atoms with Crippen molar-refractivity contribution >= 4 is 38.7 Å². The fraction of sp³-hybridized carbons (Fsp3) is 0.538. The van der Waals surface area contributed by atoms with Crippen LogP contribution in [0.5, 0.6) is 0 Å². The zero-order valence-corrected chi connectivity index (χ0v) is 13.4. The first-order valence-electron chi connectivity index (χ1n) is 6.28. The van der Waals surface area contributed by atoms with Crippen molar-refractivity contribution in [3.63, 3.8) is 0 Å². The number of ether oxygens (including phenoxy) is 1. The zero-order valence-electron chi connectivity index (χ0n) is 11.1. The Bertz CT molecular complexity index is 558. The van der Waals surface area contributed by atoms with Crippen LogP contribution in [0.1, 0.15) is 25.2 Å². The summed E-state index contributed by atoms with van der Waals surface area (Å²) in [4.78, 5) is 9.13. The molecule has 0 radical (unpaired) electrons. The van der Waals surface area contributed by atoms with Gasteiger partial charge in [-0.2, -0.15) is 0 Å². The third-order valence-corrected chi connectivity index (χ3v) is 3.71. The SMILES string of the molecule is CCC(COC)n1c(CCCl)nc2cc(Br)cnc21. The van der Waals surface area contributed by atoms with Crippen molar-refractivity contribution < 1.29 is 4.74 Å². The Labute approximate surface area is 126 Å². The molecule has 0 aliphatic rings. The van der Waals surface area contributed by atoms with Gasteiger partial charge in [-0.25, -0.2) is 9.97 Å². The molecule has 1 unspecified atom stereocenters. The van der Waals surface area contributed by atoms with Crippen LogP contribution in [-0.4, -0.2) is 34.1 Å². The molecule has 2 aromatic rings. The van der Waals surface area contributed by atoms with Gasteiger partial charge in [-0.15, -0.1) is 11.6 Å². The van der Waals surface area contributed by atoms with Gasteiger partial charge < -0.3 is 9.30 Å². The predicted molar refractivity (Wildman–Crippen MR) is 80.9 cm³/mol. The van der Waals surface area contributed by atoms with Crippen LogP contribution >= 0.6 is 27.5 Å². The van der Waals surface area contributed by atoms with Crippen molar-refractivity contribution in [1.29, 1.82) is 0 Å². The molecule has 0 N–H and O–H groups in total. The number of halogens is 2. The van der Waals surface area contributed by atoms with Crippen molar-refractivity contribution in [2.24, 2.45) is 0 Å². The van der Waals surface area contributed by atoms with Gasteiger partial charge in [0.15, 0.2) is 5.65 Å². The molecule has 0 spiro atoms. The van der Waals surface area contributed by atoms with Crippen molar-refractivity contribution in [3.8, 4) is 0 Å². The highest BCUT2D eigenvalue weighted by molar-refractivity contribution is 9.10. The lowest BCUT2D eigenvalue weighted by Gasteiger charge is -2.18. The van der Waals surface area contributed by atoms with E-state index in [1.807, 2.05) is 6.07 Å². The standard InChI is InChI=1S/C13H17BrClN3O/c1-3-10(8-19-2)18-12(4-5-15)17-11-6-9(14)7-16-13(11)18/h6-7,10H,3-5,8H2,1-2H3. The molecule has 0 saturated carbocycles. The summed E-state index contributed by atoms with van der Waals surface area (Å²) in [5.41, 5.74) is 1.79. The first kappa shape index (κ1) is 14.8. The second-order valence-electron chi connectivity index (χ2n) is 4.35. The summed E-state index contributed by atoms with van der Waals surface area (Å²) in [7, 11) is 1.72. The normalized spacial score (nSPS) is 13.1. The maximum absolute atomic E-state index is 5.88. The van der Waals surface area contributed by atoms with Crippen molar-refractivity contribution in [1.82, 2.24) is 14.5 Å². The molecular weight excluding hydrogens is 330 g/mol. The summed E-state index contributed by atoms with van der Waals surface area (Å²) < 4.78 is 8.40. The molecule has 4 nitrogen and oxygen atoms in total. The van der Waals surface area contributed by atoms with Crippen LogP contribution < -0.4 is 0 Å². The van der Waals surface area contributed by atoms with Gasteiger partial charge in [0.25, 0.3) is 0 Å². The number of fused-ring (bicyclic) bond motifs is 1. The number of hydrogen-bond donors (Lipinski definition) is 0. The Hall–Kier alpha value is -0.650. The lowest BCUT2D eigenvalue weighted by atomic mass is 10.2. The minimum absolute atomic E-state index is 0.238. The summed E-state index contributed by atoms with van der Waals surface area (Å²) in [6.45, 7) is 2.79. The van der Waals surface area contributed by atoms with Gasteiger partial charge in [-0.3, -0.25) is 0 Å². The molecule has 0 fully saturated rings. The van der Waals surface area contributed by atoms with Crippen LogP contribution in [0.4, 0.5) is 0 Å². The molecular formula is C13H17BrClN3O. The van der Waals surface area contributed by atoms with E-state index in [0.29, 0.717) is 12.5 Å². The number of methoxy groups -OCH3 is 1. The molecule has 2 rings (SSSR count). The van der Waals surface area contributed by atoms with Gasteiger partial charge >= 0.3 is 0 Å². The maximum Gasteiger partial charge on any atom is 0.160 e. The third kappa shape index (κ3) is 3.09. The Morgan fingerprint density at radius 3 is 2.95 bits per heavy atom. The molecule has 0 amide bonds. The minimum Gasteiger partial charge on any atom is -0.383 e. The first-order chi connectivity index (χ1) is 9.21. The molecule has 104 valence electrons. The maximum atomic E-state index is 5.88. The molecule has 0 aliphatic carbocycles. The molecule has 0 aromatic carbocycles. The van der Waals surface area contributed by atoms with E-state index in [1.54, 1.807) is 13.3 Å². The van der Waals surface area contributed by atoms with Gasteiger partial charge in [-0.1, -0.05) is 6.92 Å². The highest BCUT2D eigenvalue weighted by atomic mass is 79.9. The van der Waals surface area contributed by atoms with Crippen LogP contribution in [0.25, 0.3) is 11.2 Å². The van der Waals surface area contributed by atoms with Crippen molar-refractivity contribution in [2.45, 2.75) is 25.8 Å². The number of alkyl halides is 1. The van der Waals surface area contributed by atoms with Crippen LogP contribution in [0.2, 0.25) is 0 Å². The van der Waals surface area contributed by atoms with E-state index >= 15 is 0 Å². The fourth-order valence-corrected chi connectivity index (χ4v) is 2.70. The minimum atomic E-state index is 0.238. The average Bonchev–Trinajstić information content (AvgIpc) is 2.73. The number of imidazole rings is 1. The van der Waals surface area contributed by atoms with E-state index in [1.165, 1.54) is 0 Å². The molecule has 0 saturated heterocycles. The summed E-state index contributed by atoms with van der Waals surface area (Å²) in [6, 6.07) is 2.22. The predicted octanol–water partition coefficient (Wildman–Crippen LogP) is 3.57. The van der Waals surface area contributed by atoms with Crippen LogP contribution in [0.15, 0.2) is 16.7 Å². The molecule has 2 aromatic heterocycles. The Morgan fingerprint density at radius 2 is 2.32 bits per heavy atom. The van der Waals surface area contributed by atoms with E-state index in [9.17, 15) is 0 Å². The van der Waals surface area contributed by atoms with Crippen molar-refractivity contribution in [3.05, 3.63) is 22.6 Å². The zero-order chi connectivity index (χ0) is 13.8. The van der Waals surface area contributed by atoms with Gasteiger partial charge in [-0.05, 0) is 28.4 Å². The molecule has 0 bridgehead atoms. The van der Waals surface area contributed by atoms with E-state index in [0.717, 1.165) is 34.3 Å². The highest BCUT2D eigenvalue weighted by Gasteiger charge is 2.18. The van der Waals surface area contributed by atoms with E-state index in [2.05, 4.69) is 37.4 Å². The van der Waals surface area contributed by atoms with Gasteiger partial charge in [0.05, 0.1) is 12.6 Å². The van der Waals surface area contributed by atoms with Gasteiger partial charge in [0.1, 0.15) is 11.3 Å². The first-order valence-corrected chi connectivity index (χ1v) is 7.61. The number of rotatable bonds is 6. The molecule has 6 heteroatoms. The summed E-state index contributed by atoms with van der Waals surface area (Å²) in [5.74, 6) is 1.52. The average molecular weight is 347 g/mol. The second kappa shape index (κ2) is 6.68. The lowest BCUT2D eigenvalue weighted by Crippen LogP contribution is -2.17. The van der Waals surface area contributed by atoms with Crippen LogP contribution in [0.3, 0.4) is 0 Å². The second-order valence-corrected chi connectivity index (χ2v) is 5.64. The number of pyridine rings is 1. The van der Waals surface area contributed by atoms with Gasteiger partial charge in [0, 0.05) is 30.1 Å². The van der Waals surface area contributed by atoms with E-state index in [4.69, 9.17) is 16.3 Å². The van der Waals surface area contributed by atoms with E-state index in [-0.39, 0.29) is 6.04 Å². The van der Waals surface area contributed by atoms with Gasteiger partial charge in [0.2, 0.25) is 0 Å². The summed E-state index contributed by atoms with van der Waals surface area (Å²) in [6.07, 6.45) is 3.49. The monoisotopic (exact) mass is 345 g/mol. The third-order valence-electron chi connectivity index (χ3n) is 3.08. The lowest BCUT2D eigenvalue weighted by molar-refractivity contribution is 0.153. The highest BCUT2D eigenvalue weighted by Crippen LogP contribution is 2.24. The largest absolute Gasteiger partial charge is 0.383 e. The number of nitrogens with zero attached hydrogens (tertiary/aromatic N) is 3. The fourth-order valence-electron chi connectivity index (χ4n) is 2.22. The Kier molecular flexibility index (Phi) is 5.19. The Morgan fingerprint density at radius 1 is 1.53 bits per heavy atom. The van der Waals surface area contributed by atoms with Crippen LogP contribution in [-0.2, 0) is 11.2 Å². The molecule has 19 heavy (non-hydrogen) atoms. The smallest absolute Gasteiger partial charge is 0.160 e. The molecule has 0 aliphatic heterocycles. The molecule has 2 heterocycles. The molecule has 1 atom stereocenters. The van der Waals surface area contributed by atoms with Crippen LogP contribution in [0, 0.1) is 0 Å². The number of aromatic nitrogens is 3. The Balaban J connectivity index is 2.56. The topological polar surface area (TPSA) is 39.9 Å². The number of hydrogen-bond acceptors (Lipinski definition) is 3.